The molecule has 1 N–H and O–H groups in total. The number of benzene rings is 1. The highest BCUT2D eigenvalue weighted by molar-refractivity contribution is 7.86. The van der Waals surface area contributed by atoms with Gasteiger partial charge in [-0.2, -0.15) is 0 Å². The molecule has 20 heavy (non-hydrogen) atoms. The Morgan fingerprint density at radius 3 is 2.65 bits per heavy atom. The van der Waals surface area contributed by atoms with Crippen LogP contribution in [0.4, 0.5) is 0 Å². The average Bonchev–Trinajstić information content (AvgIpc) is 2.82. The Morgan fingerprint density at radius 2 is 2.10 bits per heavy atom. The van der Waals surface area contributed by atoms with Gasteiger partial charge in [-0.05, 0) is 31.7 Å². The molecule has 1 fully saturated rings. The second kappa shape index (κ2) is 6.99. The third kappa shape index (κ3) is 4.15. The minimum atomic E-state index is -1.42. The predicted molar refractivity (Wildman–Crippen MR) is 78.1 cm³/mol. The molecule has 4 nitrogen and oxygen atoms in total. The van der Waals surface area contributed by atoms with Gasteiger partial charge >= 0.3 is 5.97 Å². The van der Waals surface area contributed by atoms with Gasteiger partial charge < -0.3 is 9.84 Å². The van der Waals surface area contributed by atoms with Gasteiger partial charge in [0, 0.05) is 10.8 Å². The summed E-state index contributed by atoms with van der Waals surface area (Å²) >= 11 is 0. The maximum Gasteiger partial charge on any atom is 0.319 e. The van der Waals surface area contributed by atoms with E-state index in [9.17, 15) is 14.1 Å². The lowest BCUT2D eigenvalue weighted by molar-refractivity contribution is -0.136. The average molecular weight is 296 g/mol. The number of carboxylic acids is 1. The van der Waals surface area contributed by atoms with E-state index in [1.54, 1.807) is 0 Å². The number of carbonyl (C=O) groups is 1. The van der Waals surface area contributed by atoms with Crippen molar-refractivity contribution in [3.63, 3.8) is 0 Å². The van der Waals surface area contributed by atoms with E-state index in [0.717, 1.165) is 18.4 Å². The summed E-state index contributed by atoms with van der Waals surface area (Å²) in [5, 5.41) is 8.43. The van der Waals surface area contributed by atoms with Crippen LogP contribution in [-0.4, -0.2) is 38.5 Å². The van der Waals surface area contributed by atoms with Gasteiger partial charge in [0.25, 0.3) is 0 Å². The molecule has 1 aliphatic rings. The van der Waals surface area contributed by atoms with Crippen LogP contribution in [0.25, 0.3) is 0 Å². The summed E-state index contributed by atoms with van der Waals surface area (Å²) in [6, 6.07) is 9.32. The molecule has 0 amide bonds. The van der Waals surface area contributed by atoms with Gasteiger partial charge in [0.05, 0.1) is 18.0 Å². The number of hydrogen-bond donors (Lipinski definition) is 1. The Labute approximate surface area is 121 Å². The normalized spacial score (nSPS) is 25.2. The molecule has 110 valence electrons. The summed E-state index contributed by atoms with van der Waals surface area (Å²) in [6.07, 6.45) is 2.24. The zero-order chi connectivity index (χ0) is 14.5. The zero-order valence-corrected chi connectivity index (χ0v) is 12.3. The quantitative estimate of drug-likeness (QED) is 0.872. The van der Waals surface area contributed by atoms with Crippen molar-refractivity contribution in [3.05, 3.63) is 35.9 Å². The molecule has 1 saturated heterocycles. The molecule has 0 spiro atoms. The first-order chi connectivity index (χ1) is 9.56. The summed E-state index contributed by atoms with van der Waals surface area (Å²) < 4.78 is 17.9. The van der Waals surface area contributed by atoms with Crippen molar-refractivity contribution >= 4 is 16.8 Å². The molecule has 0 aliphatic carbocycles. The molecule has 1 heterocycles. The highest BCUT2D eigenvalue weighted by atomic mass is 32.2. The maximum atomic E-state index is 12.3. The Bertz CT molecular complexity index is 474. The molecular formula is C15H20O4S. The van der Waals surface area contributed by atoms with Crippen molar-refractivity contribution in [2.24, 2.45) is 0 Å². The smallest absolute Gasteiger partial charge is 0.319 e. The minimum Gasteiger partial charge on any atom is -0.480 e. The topological polar surface area (TPSA) is 63.6 Å². The first kappa shape index (κ1) is 15.2. The van der Waals surface area contributed by atoms with Crippen LogP contribution in [0, 0.1) is 0 Å². The lowest BCUT2D eigenvalue weighted by atomic mass is 10.1. The summed E-state index contributed by atoms with van der Waals surface area (Å²) in [7, 11) is -1.42. The van der Waals surface area contributed by atoms with E-state index in [0.29, 0.717) is 12.2 Å². The first-order valence-corrected chi connectivity index (χ1v) is 8.24. The molecule has 4 atom stereocenters. The summed E-state index contributed by atoms with van der Waals surface area (Å²) in [5.41, 5.74) is 0.897. The van der Waals surface area contributed by atoms with Crippen molar-refractivity contribution in [2.75, 3.05) is 5.75 Å². The molecule has 0 bridgehead atoms. The van der Waals surface area contributed by atoms with Crippen LogP contribution < -0.4 is 0 Å². The van der Waals surface area contributed by atoms with E-state index in [2.05, 4.69) is 0 Å². The number of ether oxygens (including phenoxy) is 1. The van der Waals surface area contributed by atoms with Gasteiger partial charge in [-0.1, -0.05) is 30.3 Å². The van der Waals surface area contributed by atoms with Crippen molar-refractivity contribution in [3.8, 4) is 0 Å². The second-order valence-electron chi connectivity index (χ2n) is 5.21. The molecule has 1 aromatic carbocycles. The van der Waals surface area contributed by atoms with Crippen LogP contribution in [-0.2, 0) is 26.8 Å². The minimum absolute atomic E-state index is 0.0662. The Hall–Kier alpha value is -1.20. The maximum absolute atomic E-state index is 12.3. The van der Waals surface area contributed by atoms with Crippen LogP contribution in [0.1, 0.15) is 25.3 Å². The Morgan fingerprint density at radius 1 is 1.40 bits per heavy atom. The molecular weight excluding hydrogens is 276 g/mol. The van der Waals surface area contributed by atoms with Crippen molar-refractivity contribution < 1.29 is 18.8 Å². The predicted octanol–water partition coefficient (Wildman–Crippen LogP) is 2.00. The van der Waals surface area contributed by atoms with Crippen LogP contribution in [0.5, 0.6) is 0 Å². The SMILES string of the molecule is CC1CCC(CS(=O)C(Cc2ccccc2)C(=O)O)O1. The van der Waals surface area contributed by atoms with Gasteiger partial charge in [0.2, 0.25) is 0 Å². The number of rotatable bonds is 6. The molecule has 0 saturated carbocycles. The molecule has 2 rings (SSSR count). The summed E-state index contributed by atoms with van der Waals surface area (Å²) in [6.45, 7) is 1.99. The molecule has 5 heteroatoms. The monoisotopic (exact) mass is 296 g/mol. The molecule has 1 aromatic rings. The first-order valence-electron chi connectivity index (χ1n) is 6.85. The third-order valence-corrected chi connectivity index (χ3v) is 5.23. The molecule has 1 aliphatic heterocycles. The van der Waals surface area contributed by atoms with E-state index < -0.39 is 22.0 Å². The zero-order valence-electron chi connectivity index (χ0n) is 11.5. The summed E-state index contributed by atoms with van der Waals surface area (Å²) in [5.74, 6) is -0.688. The van der Waals surface area contributed by atoms with E-state index in [-0.39, 0.29) is 12.2 Å². The van der Waals surface area contributed by atoms with Crippen LogP contribution >= 0.6 is 0 Å². The lowest BCUT2D eigenvalue weighted by Gasteiger charge is -2.16. The van der Waals surface area contributed by atoms with Crippen LogP contribution in [0.2, 0.25) is 0 Å². The lowest BCUT2D eigenvalue weighted by Crippen LogP contribution is -2.33. The molecule has 0 aromatic heterocycles. The van der Waals surface area contributed by atoms with Gasteiger partial charge in [0.1, 0.15) is 5.25 Å². The second-order valence-corrected chi connectivity index (χ2v) is 6.87. The van der Waals surface area contributed by atoms with E-state index in [4.69, 9.17) is 4.74 Å². The third-order valence-electron chi connectivity index (χ3n) is 3.53. The Balaban J connectivity index is 1.97. The van der Waals surface area contributed by atoms with E-state index >= 15 is 0 Å². The highest BCUT2D eigenvalue weighted by Gasteiger charge is 2.30. The molecule has 4 unspecified atom stereocenters. The standard InChI is InChI=1S/C15H20O4S/c1-11-7-8-13(19-11)10-20(18)14(15(16)17)9-12-5-3-2-4-6-12/h2-6,11,13-14H,7-10H2,1H3,(H,16,17). The molecule has 0 radical (unpaired) electrons. The highest BCUT2D eigenvalue weighted by Crippen LogP contribution is 2.21. The van der Waals surface area contributed by atoms with Crippen LogP contribution in [0.15, 0.2) is 30.3 Å². The van der Waals surface area contributed by atoms with E-state index in [1.165, 1.54) is 0 Å². The van der Waals surface area contributed by atoms with Gasteiger partial charge in [-0.15, -0.1) is 0 Å². The van der Waals surface area contributed by atoms with E-state index in [1.807, 2.05) is 37.3 Å². The van der Waals surface area contributed by atoms with Crippen LogP contribution in [0.3, 0.4) is 0 Å². The number of carboxylic acid groups (broad SMARTS) is 1. The fraction of sp³-hybridized carbons (Fsp3) is 0.533. The summed E-state index contributed by atoms with van der Waals surface area (Å²) in [4.78, 5) is 11.3. The van der Waals surface area contributed by atoms with Crippen molar-refractivity contribution in [1.82, 2.24) is 0 Å². The fourth-order valence-corrected chi connectivity index (χ4v) is 3.88. The largest absolute Gasteiger partial charge is 0.480 e. The Kier molecular flexibility index (Phi) is 5.31. The van der Waals surface area contributed by atoms with Crippen molar-refractivity contribution in [2.45, 2.75) is 43.6 Å². The van der Waals surface area contributed by atoms with Gasteiger partial charge in [0.15, 0.2) is 0 Å². The van der Waals surface area contributed by atoms with Gasteiger partial charge in [-0.3, -0.25) is 9.00 Å². The van der Waals surface area contributed by atoms with Crippen molar-refractivity contribution in [1.29, 1.82) is 0 Å². The number of aliphatic carboxylic acids is 1. The van der Waals surface area contributed by atoms with Gasteiger partial charge in [-0.25, -0.2) is 0 Å². The number of hydrogen-bond acceptors (Lipinski definition) is 3. The fourth-order valence-electron chi connectivity index (χ4n) is 2.43.